The van der Waals surface area contributed by atoms with E-state index in [0.29, 0.717) is 46.7 Å². The number of nitrogens with zero attached hydrogens (tertiary/aromatic N) is 2. The molecule has 0 aliphatic heterocycles. The molecule has 242 valence electrons. The molecule has 6 radical (unpaired) electrons. The summed E-state index contributed by atoms with van der Waals surface area (Å²) in [6, 6.07) is 44.4. The summed E-state index contributed by atoms with van der Waals surface area (Å²) in [6.07, 6.45) is 0. The van der Waals surface area contributed by atoms with Crippen molar-refractivity contribution in [2.24, 2.45) is 0 Å². The fourth-order valence-corrected chi connectivity index (χ4v) is 7.11. The molecule has 0 saturated heterocycles. The molecule has 0 amide bonds. The smallest absolute Gasteiger partial charge is 0.219 e. The molecule has 0 N–H and O–H groups in total. The molecule has 0 aliphatic carbocycles. The van der Waals surface area contributed by atoms with Crippen LogP contribution in [0.2, 0.25) is 12.1 Å². The van der Waals surface area contributed by atoms with E-state index in [1.165, 1.54) is 0 Å². The topological polar surface area (TPSA) is 53.5 Å². The van der Waals surface area contributed by atoms with Gasteiger partial charge in [0.15, 0.2) is 0 Å². The third-order valence-electron chi connectivity index (χ3n) is 9.13. The van der Waals surface area contributed by atoms with Crippen LogP contribution in [-0.2, 0) is 15.9 Å². The summed E-state index contributed by atoms with van der Waals surface area (Å²) in [5.74, 6) is 2.34. The SMILES string of the molecule is Cc1cccc(C(C[Si])(OC(C[Si])(c2cccc(Oc3ccccc3)n2)c2cccc(C)c2C)c2cccc(Oc3ccccc3)n2)c1C. The Labute approximate surface area is 296 Å². The van der Waals surface area contributed by atoms with E-state index in [0.717, 1.165) is 33.4 Å². The highest BCUT2D eigenvalue weighted by Gasteiger charge is 2.48. The summed E-state index contributed by atoms with van der Waals surface area (Å²) in [5.41, 5.74) is 5.64. The second-order valence-electron chi connectivity index (χ2n) is 12.2. The molecule has 0 bridgehead atoms. The van der Waals surface area contributed by atoms with Gasteiger partial charge in [0.25, 0.3) is 0 Å². The van der Waals surface area contributed by atoms with E-state index < -0.39 is 11.2 Å². The van der Waals surface area contributed by atoms with Crippen molar-refractivity contribution in [3.8, 4) is 23.3 Å². The summed E-state index contributed by atoms with van der Waals surface area (Å²) >= 11 is 0. The lowest BCUT2D eigenvalue weighted by Crippen LogP contribution is -2.44. The number of ether oxygens (including phenoxy) is 3. The minimum absolute atomic E-state index is 0.387. The van der Waals surface area contributed by atoms with Crippen LogP contribution < -0.4 is 9.47 Å². The number of hydrogen-bond donors (Lipinski definition) is 0. The molecule has 7 heteroatoms. The van der Waals surface area contributed by atoms with Crippen molar-refractivity contribution in [2.45, 2.75) is 51.0 Å². The molecular formula is C42H38N2O3Si2. The number of rotatable bonds is 12. The molecule has 0 saturated carbocycles. The highest BCUT2D eigenvalue weighted by atomic mass is 28.1. The molecule has 2 heterocycles. The van der Waals surface area contributed by atoms with Crippen molar-refractivity contribution in [1.82, 2.24) is 9.97 Å². The van der Waals surface area contributed by atoms with Gasteiger partial charge in [-0.15, -0.1) is 0 Å². The van der Waals surface area contributed by atoms with Crippen LogP contribution in [-0.4, -0.2) is 30.5 Å². The Morgan fingerprint density at radius 1 is 0.469 bits per heavy atom. The molecule has 6 aromatic rings. The van der Waals surface area contributed by atoms with Crippen LogP contribution in [0.4, 0.5) is 0 Å². The fourth-order valence-electron chi connectivity index (χ4n) is 6.22. The molecule has 2 atom stereocenters. The number of para-hydroxylation sites is 2. The quantitative estimate of drug-likeness (QED) is 0.121. The normalized spacial score (nSPS) is 13.7. The van der Waals surface area contributed by atoms with Crippen molar-refractivity contribution in [3.05, 3.63) is 178 Å². The highest BCUT2D eigenvalue weighted by Crippen LogP contribution is 2.49. The largest absolute Gasteiger partial charge is 0.439 e. The summed E-state index contributed by atoms with van der Waals surface area (Å²) in [4.78, 5) is 10.3. The van der Waals surface area contributed by atoms with Crippen molar-refractivity contribution >= 4 is 20.5 Å². The first-order valence-electron chi connectivity index (χ1n) is 16.3. The molecule has 5 nitrogen and oxygen atoms in total. The minimum Gasteiger partial charge on any atom is -0.439 e. The van der Waals surface area contributed by atoms with Crippen LogP contribution in [0, 0.1) is 27.7 Å². The zero-order chi connectivity index (χ0) is 34.4. The first-order chi connectivity index (χ1) is 23.8. The third kappa shape index (κ3) is 6.88. The van der Waals surface area contributed by atoms with Gasteiger partial charge in [0.05, 0.1) is 11.4 Å². The van der Waals surface area contributed by atoms with Crippen molar-refractivity contribution in [3.63, 3.8) is 0 Å². The van der Waals surface area contributed by atoms with Crippen LogP contribution in [0.5, 0.6) is 23.3 Å². The van der Waals surface area contributed by atoms with Crippen LogP contribution in [0.15, 0.2) is 133 Å². The van der Waals surface area contributed by atoms with Crippen molar-refractivity contribution < 1.29 is 14.2 Å². The zero-order valence-corrected chi connectivity index (χ0v) is 30.2. The first kappa shape index (κ1) is 34.1. The monoisotopic (exact) mass is 674 g/mol. The molecule has 6 rings (SSSR count). The second kappa shape index (κ2) is 14.7. The van der Waals surface area contributed by atoms with E-state index in [1.54, 1.807) is 0 Å². The van der Waals surface area contributed by atoms with Gasteiger partial charge in [-0.3, -0.25) is 0 Å². The van der Waals surface area contributed by atoms with Gasteiger partial charge in [0.2, 0.25) is 11.8 Å². The molecule has 0 fully saturated rings. The molecule has 2 aromatic heterocycles. The van der Waals surface area contributed by atoms with E-state index in [9.17, 15) is 0 Å². The predicted octanol–water partition coefficient (Wildman–Crippen LogP) is 9.67. The summed E-state index contributed by atoms with van der Waals surface area (Å²) in [5, 5.41) is 0. The molecule has 4 aromatic carbocycles. The fraction of sp³-hybridized carbons (Fsp3) is 0.190. The predicted molar refractivity (Wildman–Crippen MR) is 197 cm³/mol. The van der Waals surface area contributed by atoms with Gasteiger partial charge in [-0.2, -0.15) is 0 Å². The summed E-state index contributed by atoms with van der Waals surface area (Å²) < 4.78 is 20.3. The lowest BCUT2D eigenvalue weighted by Gasteiger charge is -2.45. The molecular weight excluding hydrogens is 637 g/mol. The number of pyridine rings is 2. The Bertz CT molecular complexity index is 1890. The maximum Gasteiger partial charge on any atom is 0.219 e. The Morgan fingerprint density at radius 2 is 0.857 bits per heavy atom. The van der Waals surface area contributed by atoms with Gasteiger partial charge in [0.1, 0.15) is 22.7 Å². The lowest BCUT2D eigenvalue weighted by molar-refractivity contribution is -0.110. The third-order valence-corrected chi connectivity index (χ3v) is 10.1. The number of benzene rings is 4. The van der Waals surface area contributed by atoms with E-state index in [2.05, 4.69) is 84.6 Å². The van der Waals surface area contributed by atoms with Gasteiger partial charge in [-0.1, -0.05) is 84.9 Å². The minimum atomic E-state index is -1.11. The van der Waals surface area contributed by atoms with Gasteiger partial charge in [-0.25, -0.2) is 9.97 Å². The summed E-state index contributed by atoms with van der Waals surface area (Å²) in [7, 11) is 8.03. The number of aryl methyl sites for hydroxylation is 2. The Kier molecular flexibility index (Phi) is 10.2. The Morgan fingerprint density at radius 3 is 1.24 bits per heavy atom. The second-order valence-corrected chi connectivity index (χ2v) is 12.9. The van der Waals surface area contributed by atoms with E-state index in [1.807, 2.05) is 97.1 Å². The average Bonchev–Trinajstić information content (AvgIpc) is 3.13. The van der Waals surface area contributed by atoms with Crippen LogP contribution >= 0.6 is 0 Å². The first-order valence-corrected chi connectivity index (χ1v) is 17.7. The van der Waals surface area contributed by atoms with Gasteiger partial charge in [-0.05, 0) is 110 Å². The van der Waals surface area contributed by atoms with Crippen LogP contribution in [0.3, 0.4) is 0 Å². The number of aromatic nitrogens is 2. The number of hydrogen-bond acceptors (Lipinski definition) is 5. The van der Waals surface area contributed by atoms with Gasteiger partial charge in [0, 0.05) is 32.6 Å². The van der Waals surface area contributed by atoms with E-state index in [4.69, 9.17) is 24.2 Å². The molecule has 49 heavy (non-hydrogen) atoms. The van der Waals surface area contributed by atoms with Crippen LogP contribution in [0.1, 0.15) is 44.8 Å². The lowest BCUT2D eigenvalue weighted by atomic mass is 9.82. The maximum absolute atomic E-state index is 7.82. The van der Waals surface area contributed by atoms with Gasteiger partial charge >= 0.3 is 0 Å². The maximum atomic E-state index is 7.82. The van der Waals surface area contributed by atoms with Crippen LogP contribution in [0.25, 0.3) is 0 Å². The molecule has 2 unspecified atom stereocenters. The standard InChI is InChI=1S/C42H38N2O3Si2/c1-29-15-11-21-35(31(29)3)41(27-48,37-23-13-25-39(43-37)45-33-17-7-5-8-18-33)47-42(28-49,36-22-12-16-30(2)32(36)4)38-24-14-26-40(44-38)46-34-19-9-6-10-20-34/h5-26H,27-28H2,1-4H3. The zero-order valence-electron chi connectivity index (χ0n) is 28.2. The summed E-state index contributed by atoms with van der Waals surface area (Å²) in [6.45, 7) is 8.50. The van der Waals surface area contributed by atoms with Crippen molar-refractivity contribution in [1.29, 1.82) is 0 Å². The average molecular weight is 675 g/mol. The highest BCUT2D eigenvalue weighted by molar-refractivity contribution is 6.10. The Balaban J connectivity index is 1.59. The van der Waals surface area contributed by atoms with Gasteiger partial charge < -0.3 is 14.2 Å². The molecule has 0 aliphatic rings. The van der Waals surface area contributed by atoms with E-state index in [-0.39, 0.29) is 0 Å². The van der Waals surface area contributed by atoms with Crippen molar-refractivity contribution in [2.75, 3.05) is 0 Å². The molecule has 0 spiro atoms. The van der Waals surface area contributed by atoms with E-state index >= 15 is 0 Å². The Hall–Kier alpha value is -4.83.